The van der Waals surface area contributed by atoms with Gasteiger partial charge in [-0.15, -0.1) is 0 Å². The average Bonchev–Trinajstić information content (AvgIpc) is 2.55. The van der Waals surface area contributed by atoms with Crippen LogP contribution in [0.25, 0.3) is 17.7 Å². The minimum absolute atomic E-state index is 1.24. The Morgan fingerprint density at radius 2 is 1.40 bits per heavy atom. The van der Waals surface area contributed by atoms with Crippen molar-refractivity contribution in [3.05, 3.63) is 77.4 Å². The predicted molar refractivity (Wildman–Crippen MR) is 88.3 cm³/mol. The smallest absolute Gasteiger partial charge is 0.0227 e. The van der Waals surface area contributed by atoms with Gasteiger partial charge in [-0.1, -0.05) is 72.8 Å². The first-order valence-electron chi connectivity index (χ1n) is 7.44. The molecule has 0 atom stereocenters. The third kappa shape index (κ3) is 3.27. The molecule has 2 aromatic carbocycles. The van der Waals surface area contributed by atoms with E-state index in [1.807, 2.05) is 6.07 Å². The van der Waals surface area contributed by atoms with Crippen molar-refractivity contribution in [2.24, 2.45) is 0 Å². The molecule has 0 fully saturated rings. The largest absolute Gasteiger partial charge is 0.0807 e. The van der Waals surface area contributed by atoms with Crippen LogP contribution < -0.4 is 0 Å². The lowest BCUT2D eigenvalue weighted by molar-refractivity contribution is 0.742. The fourth-order valence-electron chi connectivity index (χ4n) is 2.67. The van der Waals surface area contributed by atoms with Gasteiger partial charge in [-0.25, -0.2) is 0 Å². The Bertz CT molecular complexity index is 600. The van der Waals surface area contributed by atoms with Gasteiger partial charge in [0.1, 0.15) is 0 Å². The van der Waals surface area contributed by atoms with Crippen molar-refractivity contribution in [3.8, 4) is 0 Å². The lowest BCUT2D eigenvalue weighted by atomic mass is 9.93. The monoisotopic (exact) mass is 260 g/mol. The van der Waals surface area contributed by atoms with Gasteiger partial charge >= 0.3 is 0 Å². The lowest BCUT2D eigenvalue weighted by Gasteiger charge is -2.12. The van der Waals surface area contributed by atoms with Gasteiger partial charge in [0.05, 0.1) is 0 Å². The van der Waals surface area contributed by atoms with Crippen LogP contribution in [0.2, 0.25) is 0 Å². The molecule has 0 radical (unpaired) electrons. The fourth-order valence-corrected chi connectivity index (χ4v) is 2.67. The number of hydrogen-bond donors (Lipinski definition) is 0. The first-order chi connectivity index (χ1) is 9.92. The SMILES string of the molecule is C1=C(c2ccc(/C=C/c3ccccc3)cc2)CCCC1. The first-order valence-corrected chi connectivity index (χ1v) is 7.44. The molecule has 3 rings (SSSR count). The van der Waals surface area contributed by atoms with E-state index in [0.717, 1.165) is 0 Å². The van der Waals surface area contributed by atoms with Crippen molar-refractivity contribution in [2.45, 2.75) is 25.7 Å². The highest BCUT2D eigenvalue weighted by atomic mass is 14.1. The highest BCUT2D eigenvalue weighted by molar-refractivity contribution is 5.72. The van der Waals surface area contributed by atoms with E-state index in [-0.39, 0.29) is 0 Å². The van der Waals surface area contributed by atoms with Gasteiger partial charge < -0.3 is 0 Å². The van der Waals surface area contributed by atoms with Crippen LogP contribution in [0.5, 0.6) is 0 Å². The molecule has 0 saturated heterocycles. The van der Waals surface area contributed by atoms with Crippen molar-refractivity contribution in [2.75, 3.05) is 0 Å². The molecule has 0 bridgehead atoms. The molecule has 0 saturated carbocycles. The van der Waals surface area contributed by atoms with Crippen molar-refractivity contribution in [1.82, 2.24) is 0 Å². The summed E-state index contributed by atoms with van der Waals surface area (Å²) in [5.74, 6) is 0. The first kappa shape index (κ1) is 12.9. The zero-order chi connectivity index (χ0) is 13.6. The molecule has 0 N–H and O–H groups in total. The summed E-state index contributed by atoms with van der Waals surface area (Å²) in [4.78, 5) is 0. The number of hydrogen-bond acceptors (Lipinski definition) is 0. The van der Waals surface area contributed by atoms with Crippen LogP contribution >= 0.6 is 0 Å². The molecule has 0 aromatic heterocycles. The second kappa shape index (κ2) is 6.38. The van der Waals surface area contributed by atoms with Gasteiger partial charge in [0.15, 0.2) is 0 Å². The molecule has 0 heteroatoms. The Labute approximate surface area is 121 Å². The summed E-state index contributed by atoms with van der Waals surface area (Å²) in [5.41, 5.74) is 5.41. The number of rotatable bonds is 3. The topological polar surface area (TPSA) is 0 Å². The van der Waals surface area contributed by atoms with Crippen LogP contribution in [0.4, 0.5) is 0 Å². The van der Waals surface area contributed by atoms with E-state index in [1.165, 1.54) is 47.9 Å². The fraction of sp³-hybridized carbons (Fsp3) is 0.200. The second-order valence-electron chi connectivity index (χ2n) is 5.34. The maximum atomic E-state index is 2.40. The van der Waals surface area contributed by atoms with Crippen LogP contribution in [-0.2, 0) is 0 Å². The van der Waals surface area contributed by atoms with Crippen molar-refractivity contribution < 1.29 is 0 Å². The minimum atomic E-state index is 1.24. The molecule has 100 valence electrons. The molecule has 0 aliphatic heterocycles. The van der Waals surface area contributed by atoms with Gasteiger partial charge in [0, 0.05) is 0 Å². The summed E-state index contributed by atoms with van der Waals surface area (Å²) >= 11 is 0. The molecule has 1 aliphatic rings. The van der Waals surface area contributed by atoms with Gasteiger partial charge in [-0.2, -0.15) is 0 Å². The molecular formula is C20H20. The maximum absolute atomic E-state index is 2.40. The summed E-state index contributed by atoms with van der Waals surface area (Å²) in [7, 11) is 0. The Hall–Kier alpha value is -2.08. The Balaban J connectivity index is 1.73. The van der Waals surface area contributed by atoms with Gasteiger partial charge in [0.25, 0.3) is 0 Å². The Morgan fingerprint density at radius 3 is 2.05 bits per heavy atom. The summed E-state index contributed by atoms with van der Waals surface area (Å²) in [5, 5.41) is 0. The maximum Gasteiger partial charge on any atom is -0.0227 e. The van der Waals surface area contributed by atoms with Crippen LogP contribution in [-0.4, -0.2) is 0 Å². The van der Waals surface area contributed by atoms with E-state index in [4.69, 9.17) is 0 Å². The van der Waals surface area contributed by atoms with Crippen molar-refractivity contribution >= 4 is 17.7 Å². The second-order valence-corrected chi connectivity index (χ2v) is 5.34. The third-order valence-electron chi connectivity index (χ3n) is 3.84. The number of benzene rings is 2. The standard InChI is InChI=1S/C20H20/c1-3-7-17(8-4-1)11-12-18-13-15-20(16-14-18)19-9-5-2-6-10-19/h1,3-4,7-9,11-16H,2,5-6,10H2/b12-11+. The van der Waals surface area contributed by atoms with Crippen molar-refractivity contribution in [1.29, 1.82) is 0 Å². The molecule has 0 spiro atoms. The van der Waals surface area contributed by atoms with Crippen LogP contribution in [0.3, 0.4) is 0 Å². The van der Waals surface area contributed by atoms with Gasteiger partial charge in [-0.05, 0) is 47.9 Å². The minimum Gasteiger partial charge on any atom is -0.0807 e. The molecule has 0 nitrogen and oxygen atoms in total. The number of allylic oxidation sites excluding steroid dienone is 2. The summed E-state index contributed by atoms with van der Waals surface area (Å²) < 4.78 is 0. The normalized spacial score (nSPS) is 15.3. The molecule has 2 aromatic rings. The molecular weight excluding hydrogens is 240 g/mol. The third-order valence-corrected chi connectivity index (χ3v) is 3.84. The Morgan fingerprint density at radius 1 is 0.700 bits per heavy atom. The van der Waals surface area contributed by atoms with E-state index in [1.54, 1.807) is 0 Å². The van der Waals surface area contributed by atoms with Crippen LogP contribution in [0.1, 0.15) is 42.4 Å². The highest BCUT2D eigenvalue weighted by Crippen LogP contribution is 2.26. The molecule has 0 heterocycles. The van der Waals surface area contributed by atoms with E-state index in [2.05, 4.69) is 66.8 Å². The highest BCUT2D eigenvalue weighted by Gasteiger charge is 2.05. The van der Waals surface area contributed by atoms with E-state index in [0.29, 0.717) is 0 Å². The molecule has 1 aliphatic carbocycles. The van der Waals surface area contributed by atoms with Gasteiger partial charge in [-0.3, -0.25) is 0 Å². The van der Waals surface area contributed by atoms with E-state index in [9.17, 15) is 0 Å². The molecule has 0 unspecified atom stereocenters. The van der Waals surface area contributed by atoms with E-state index < -0.39 is 0 Å². The summed E-state index contributed by atoms with van der Waals surface area (Å²) in [6.07, 6.45) is 11.9. The molecule has 20 heavy (non-hydrogen) atoms. The van der Waals surface area contributed by atoms with E-state index >= 15 is 0 Å². The quantitative estimate of drug-likeness (QED) is 0.610. The summed E-state index contributed by atoms with van der Waals surface area (Å²) in [6, 6.07) is 19.4. The van der Waals surface area contributed by atoms with Crippen LogP contribution in [0, 0.1) is 0 Å². The predicted octanol–water partition coefficient (Wildman–Crippen LogP) is 5.81. The Kier molecular flexibility index (Phi) is 4.13. The average molecular weight is 260 g/mol. The lowest BCUT2D eigenvalue weighted by Crippen LogP contribution is -1.91. The molecule has 0 amide bonds. The zero-order valence-corrected chi connectivity index (χ0v) is 11.8. The van der Waals surface area contributed by atoms with Crippen LogP contribution in [0.15, 0.2) is 60.7 Å². The summed E-state index contributed by atoms with van der Waals surface area (Å²) in [6.45, 7) is 0. The van der Waals surface area contributed by atoms with Crippen molar-refractivity contribution in [3.63, 3.8) is 0 Å². The zero-order valence-electron chi connectivity index (χ0n) is 11.8. The van der Waals surface area contributed by atoms with Gasteiger partial charge in [0.2, 0.25) is 0 Å².